The Morgan fingerprint density at radius 1 is 1.44 bits per heavy atom. The van der Waals surface area contributed by atoms with Crippen LogP contribution in [0.15, 0.2) is 52.2 Å². The number of carbonyl (C=O) groups excluding carboxylic acids is 1. The first-order valence-corrected chi connectivity index (χ1v) is 8.88. The van der Waals surface area contributed by atoms with E-state index in [4.69, 9.17) is 10.4 Å². The number of aliphatic hydroxyl groups excluding tert-OH is 1. The van der Waals surface area contributed by atoms with Gasteiger partial charge in [-0.3, -0.25) is 9.59 Å². The molecular weight excluding hydrogens is 336 g/mol. The van der Waals surface area contributed by atoms with Gasteiger partial charge in [-0.05, 0) is 26.2 Å². The lowest BCUT2D eigenvalue weighted by molar-refractivity contribution is -0.104. The van der Waals surface area contributed by atoms with Crippen molar-refractivity contribution in [2.45, 2.75) is 37.7 Å². The number of aldehydes is 1. The Morgan fingerprint density at radius 3 is 2.48 bits per heavy atom. The first-order chi connectivity index (χ1) is 11.8. The molecule has 6 heteroatoms. The quantitative estimate of drug-likeness (QED) is 0.351. The molecule has 5 nitrogen and oxygen atoms in total. The Morgan fingerprint density at radius 2 is 2.04 bits per heavy atom. The lowest BCUT2D eigenvalue weighted by Gasteiger charge is -2.09. The number of aliphatic hydroxyl groups is 1. The predicted octanol–water partition coefficient (Wildman–Crippen LogP) is 3.33. The number of rotatable bonds is 6. The number of nitrogens with one attached hydrogen (secondary N) is 1. The van der Waals surface area contributed by atoms with E-state index in [9.17, 15) is 9.59 Å². The van der Waals surface area contributed by atoms with E-state index in [-0.39, 0.29) is 17.6 Å². The van der Waals surface area contributed by atoms with Gasteiger partial charge in [0.05, 0.1) is 0 Å². The first kappa shape index (κ1) is 22.6. The molecule has 0 saturated heterocycles. The van der Waals surface area contributed by atoms with Crippen molar-refractivity contribution < 1.29 is 9.90 Å². The number of carbonyl (C=O) groups is 1. The minimum absolute atomic E-state index is 0.0930. The average Bonchev–Trinajstić information content (AvgIpc) is 2.56. The fourth-order valence-electron chi connectivity index (χ4n) is 1.70. The predicted molar refractivity (Wildman–Crippen MR) is 103 cm³/mol. The number of H-pyrrole nitrogens is 1. The molecule has 0 saturated carbocycles. The third kappa shape index (κ3) is 8.34. The standard InChI is InChI=1S/C16H16N2O2S.C3H8O/c1-4-5-12(10-19)7-6-11(2)14-8-15(21-3)13(9-17)16(20)18-14;1-3(2)4/h4-8,10-11H,1H2,2-3H3,(H,18,20);3-4H,1-2H3/b7-6-,12-5+;. The van der Waals surface area contributed by atoms with Crippen molar-refractivity contribution in [1.29, 1.82) is 5.26 Å². The maximum atomic E-state index is 11.9. The number of pyridine rings is 1. The minimum atomic E-state index is -0.392. The molecule has 0 aliphatic heterocycles. The lowest BCUT2D eigenvalue weighted by atomic mass is 10.0. The van der Waals surface area contributed by atoms with Crippen LogP contribution in [-0.2, 0) is 4.79 Å². The van der Waals surface area contributed by atoms with Crippen molar-refractivity contribution in [2.24, 2.45) is 0 Å². The van der Waals surface area contributed by atoms with Crippen molar-refractivity contribution >= 4 is 18.0 Å². The molecule has 0 aliphatic rings. The van der Waals surface area contributed by atoms with Gasteiger partial charge in [-0.25, -0.2) is 0 Å². The Balaban J connectivity index is 0.00000129. The van der Waals surface area contributed by atoms with Crippen LogP contribution < -0.4 is 5.56 Å². The number of nitrogens with zero attached hydrogens (tertiary/aromatic N) is 1. The zero-order valence-corrected chi connectivity index (χ0v) is 15.8. The molecule has 2 N–H and O–H groups in total. The third-order valence-electron chi connectivity index (χ3n) is 2.86. The van der Waals surface area contributed by atoms with Crippen LogP contribution in [0, 0.1) is 11.3 Å². The van der Waals surface area contributed by atoms with Crippen LogP contribution in [0.5, 0.6) is 0 Å². The summed E-state index contributed by atoms with van der Waals surface area (Å²) in [5.41, 5.74) is 0.931. The largest absolute Gasteiger partial charge is 0.394 e. The summed E-state index contributed by atoms with van der Waals surface area (Å²) < 4.78 is 0. The number of aromatic nitrogens is 1. The van der Waals surface area contributed by atoms with Gasteiger partial charge in [0.1, 0.15) is 17.9 Å². The van der Waals surface area contributed by atoms with Crippen molar-refractivity contribution in [3.8, 4) is 6.07 Å². The van der Waals surface area contributed by atoms with Gasteiger partial charge in [0.25, 0.3) is 5.56 Å². The molecule has 25 heavy (non-hydrogen) atoms. The summed E-state index contributed by atoms with van der Waals surface area (Å²) in [6.45, 7) is 8.88. The number of nitriles is 1. The van der Waals surface area contributed by atoms with E-state index in [0.717, 1.165) is 6.29 Å². The summed E-state index contributed by atoms with van der Waals surface area (Å²) in [5, 5.41) is 17.0. The Hall–Kier alpha value is -2.36. The molecule has 1 heterocycles. The zero-order valence-electron chi connectivity index (χ0n) is 14.9. The van der Waals surface area contributed by atoms with Crippen LogP contribution >= 0.6 is 11.8 Å². The molecular formula is C19H24N2O3S. The van der Waals surface area contributed by atoms with Crippen molar-refractivity contribution in [3.63, 3.8) is 0 Å². The van der Waals surface area contributed by atoms with E-state index >= 15 is 0 Å². The monoisotopic (exact) mass is 360 g/mol. The first-order valence-electron chi connectivity index (χ1n) is 7.66. The Labute approximate surface area is 152 Å². The van der Waals surface area contributed by atoms with Crippen LogP contribution in [0.4, 0.5) is 0 Å². The Kier molecular flexibility index (Phi) is 10.9. The fraction of sp³-hybridized carbons (Fsp3) is 0.316. The van der Waals surface area contributed by atoms with Gasteiger partial charge in [0, 0.05) is 28.2 Å². The van der Waals surface area contributed by atoms with E-state index < -0.39 is 5.56 Å². The molecule has 0 spiro atoms. The molecule has 1 aromatic rings. The summed E-state index contributed by atoms with van der Waals surface area (Å²) in [6.07, 6.45) is 9.01. The highest BCUT2D eigenvalue weighted by Crippen LogP contribution is 2.22. The minimum Gasteiger partial charge on any atom is -0.394 e. The highest BCUT2D eigenvalue weighted by Gasteiger charge is 2.11. The fourth-order valence-corrected chi connectivity index (χ4v) is 2.28. The maximum absolute atomic E-state index is 11.9. The van der Waals surface area contributed by atoms with E-state index in [2.05, 4.69) is 11.6 Å². The van der Waals surface area contributed by atoms with Gasteiger partial charge in [-0.2, -0.15) is 5.26 Å². The van der Waals surface area contributed by atoms with E-state index in [1.165, 1.54) is 17.8 Å². The molecule has 0 radical (unpaired) electrons. The molecule has 1 unspecified atom stereocenters. The third-order valence-corrected chi connectivity index (χ3v) is 3.63. The maximum Gasteiger partial charge on any atom is 0.267 e. The van der Waals surface area contributed by atoms with Gasteiger partial charge in [-0.1, -0.05) is 37.8 Å². The Bertz CT molecular complexity index is 737. The summed E-state index contributed by atoms with van der Waals surface area (Å²) in [7, 11) is 0. The van der Waals surface area contributed by atoms with Gasteiger partial charge >= 0.3 is 0 Å². The summed E-state index contributed by atoms with van der Waals surface area (Å²) in [4.78, 5) is 26.0. The van der Waals surface area contributed by atoms with Crippen LogP contribution in [0.25, 0.3) is 0 Å². The highest BCUT2D eigenvalue weighted by molar-refractivity contribution is 7.98. The smallest absolute Gasteiger partial charge is 0.267 e. The molecule has 134 valence electrons. The molecule has 1 atom stereocenters. The topological polar surface area (TPSA) is 94.0 Å². The van der Waals surface area contributed by atoms with Crippen LogP contribution in [-0.4, -0.2) is 28.7 Å². The molecule has 1 rings (SSSR count). The molecule has 0 aromatic carbocycles. The van der Waals surface area contributed by atoms with Gasteiger partial charge in [0.2, 0.25) is 0 Å². The molecule has 0 fully saturated rings. The van der Waals surface area contributed by atoms with Crippen molar-refractivity contribution in [3.05, 3.63) is 64.1 Å². The van der Waals surface area contributed by atoms with Crippen LogP contribution in [0.2, 0.25) is 0 Å². The summed E-state index contributed by atoms with van der Waals surface area (Å²) in [6, 6.07) is 3.70. The second kappa shape index (κ2) is 12.1. The molecule has 0 amide bonds. The van der Waals surface area contributed by atoms with E-state index in [0.29, 0.717) is 16.2 Å². The highest BCUT2D eigenvalue weighted by atomic mass is 32.2. The number of aromatic amines is 1. The number of allylic oxidation sites excluding steroid dienone is 5. The second-order valence-corrected chi connectivity index (χ2v) is 6.22. The number of thioether (sulfide) groups is 1. The van der Waals surface area contributed by atoms with E-state index in [1.807, 2.05) is 25.3 Å². The summed E-state index contributed by atoms with van der Waals surface area (Å²) in [5.74, 6) is -0.0930. The SMILES string of the molecule is C=C/C=C(C=O)\C=C/C(C)c1cc(SC)c(C#N)c(=O)[nH]1.CC(C)O. The van der Waals surface area contributed by atoms with Gasteiger partial charge < -0.3 is 10.1 Å². The molecule has 1 aromatic heterocycles. The second-order valence-electron chi connectivity index (χ2n) is 5.37. The lowest BCUT2D eigenvalue weighted by Crippen LogP contribution is -2.14. The van der Waals surface area contributed by atoms with Crippen LogP contribution in [0.3, 0.4) is 0 Å². The zero-order chi connectivity index (χ0) is 19.4. The van der Waals surface area contributed by atoms with Crippen molar-refractivity contribution in [2.75, 3.05) is 6.26 Å². The van der Waals surface area contributed by atoms with Crippen molar-refractivity contribution in [1.82, 2.24) is 4.98 Å². The average molecular weight is 360 g/mol. The van der Waals surface area contributed by atoms with Gasteiger partial charge in [-0.15, -0.1) is 11.8 Å². The molecule has 0 aliphatic carbocycles. The number of hydrogen-bond donors (Lipinski definition) is 2. The van der Waals surface area contributed by atoms with Gasteiger partial charge in [0.15, 0.2) is 0 Å². The number of hydrogen-bond acceptors (Lipinski definition) is 5. The molecule has 0 bridgehead atoms. The van der Waals surface area contributed by atoms with Crippen LogP contribution in [0.1, 0.15) is 37.9 Å². The summed E-state index contributed by atoms with van der Waals surface area (Å²) >= 11 is 1.36. The van der Waals surface area contributed by atoms with E-state index in [1.54, 1.807) is 32.1 Å². The normalized spacial score (nSPS) is 12.3.